The molecule has 0 spiro atoms. The standard InChI is InChI=1S/C15H15ClN4O/c1-20-6-4-9-12(20)3-2-10-13(9)18-15(16)19-14(10)11-8-21-7-5-17-11/h2-4,6,11,17H,5,7-8H2,1H3/t11-/m1/s1. The Balaban J connectivity index is 2.00. The molecule has 1 aromatic carbocycles. The summed E-state index contributed by atoms with van der Waals surface area (Å²) in [5.41, 5.74) is 2.95. The number of nitrogens with zero attached hydrogens (tertiary/aromatic N) is 3. The Kier molecular flexibility index (Phi) is 3.06. The molecule has 2 aromatic heterocycles. The predicted octanol–water partition coefficient (Wildman–Crippen LogP) is 2.44. The third-order valence-electron chi connectivity index (χ3n) is 3.98. The number of rotatable bonds is 1. The van der Waals surface area contributed by atoms with Gasteiger partial charge in [-0.3, -0.25) is 0 Å². The molecule has 1 N–H and O–H groups in total. The third-order valence-corrected chi connectivity index (χ3v) is 4.15. The lowest BCUT2D eigenvalue weighted by Gasteiger charge is -2.24. The average Bonchev–Trinajstić information content (AvgIpc) is 2.89. The van der Waals surface area contributed by atoms with E-state index >= 15 is 0 Å². The second kappa shape index (κ2) is 4.94. The Hall–Kier alpha value is -1.69. The summed E-state index contributed by atoms with van der Waals surface area (Å²) in [4.78, 5) is 8.89. The SMILES string of the molecule is Cn1ccc2c3nc(Cl)nc([C@H]4COCCN4)c3ccc21. The van der Waals surface area contributed by atoms with Crippen molar-refractivity contribution in [3.8, 4) is 0 Å². The Morgan fingerprint density at radius 3 is 3.00 bits per heavy atom. The van der Waals surface area contributed by atoms with Crippen LogP contribution in [0.5, 0.6) is 0 Å². The van der Waals surface area contributed by atoms with Gasteiger partial charge in [0.15, 0.2) is 0 Å². The van der Waals surface area contributed by atoms with E-state index in [9.17, 15) is 0 Å². The van der Waals surface area contributed by atoms with Crippen LogP contribution in [0.4, 0.5) is 0 Å². The molecule has 5 nitrogen and oxygen atoms in total. The number of hydrogen-bond donors (Lipinski definition) is 1. The van der Waals surface area contributed by atoms with Gasteiger partial charge in [-0.15, -0.1) is 0 Å². The zero-order valence-electron chi connectivity index (χ0n) is 11.6. The van der Waals surface area contributed by atoms with E-state index in [0.717, 1.165) is 40.7 Å². The van der Waals surface area contributed by atoms with Crippen molar-refractivity contribution in [3.05, 3.63) is 35.4 Å². The van der Waals surface area contributed by atoms with Crippen LogP contribution in [0.15, 0.2) is 24.4 Å². The molecule has 21 heavy (non-hydrogen) atoms. The maximum atomic E-state index is 6.15. The van der Waals surface area contributed by atoms with E-state index in [1.54, 1.807) is 0 Å². The normalized spacial score (nSPS) is 19.4. The molecule has 1 aliphatic heterocycles. The Bertz CT molecular complexity index is 823. The van der Waals surface area contributed by atoms with Crippen molar-refractivity contribution >= 4 is 33.4 Å². The lowest BCUT2D eigenvalue weighted by molar-refractivity contribution is 0.0760. The number of benzene rings is 1. The van der Waals surface area contributed by atoms with Crippen LogP contribution in [0.25, 0.3) is 21.8 Å². The van der Waals surface area contributed by atoms with Crippen LogP contribution in [-0.2, 0) is 11.8 Å². The van der Waals surface area contributed by atoms with E-state index in [2.05, 4.69) is 38.1 Å². The van der Waals surface area contributed by atoms with Gasteiger partial charge in [-0.1, -0.05) is 0 Å². The molecule has 1 fully saturated rings. The highest BCUT2D eigenvalue weighted by molar-refractivity contribution is 6.29. The maximum absolute atomic E-state index is 6.15. The van der Waals surface area contributed by atoms with E-state index in [0.29, 0.717) is 6.61 Å². The summed E-state index contributed by atoms with van der Waals surface area (Å²) in [7, 11) is 2.02. The first-order valence-electron chi connectivity index (χ1n) is 6.96. The first kappa shape index (κ1) is 13.0. The minimum Gasteiger partial charge on any atom is -0.378 e. The number of fused-ring (bicyclic) bond motifs is 3. The fraction of sp³-hybridized carbons (Fsp3) is 0.333. The van der Waals surface area contributed by atoms with Gasteiger partial charge in [0.05, 0.1) is 30.5 Å². The molecule has 6 heteroatoms. The highest BCUT2D eigenvalue weighted by atomic mass is 35.5. The van der Waals surface area contributed by atoms with Gasteiger partial charge in [0, 0.05) is 36.1 Å². The predicted molar refractivity (Wildman–Crippen MR) is 82.6 cm³/mol. The molecule has 0 radical (unpaired) electrons. The Labute approximate surface area is 126 Å². The third kappa shape index (κ3) is 2.09. The van der Waals surface area contributed by atoms with Crippen LogP contribution in [0.2, 0.25) is 5.28 Å². The van der Waals surface area contributed by atoms with Gasteiger partial charge < -0.3 is 14.6 Å². The summed E-state index contributed by atoms with van der Waals surface area (Å²) in [5, 5.41) is 5.83. The molecule has 0 saturated carbocycles. The Morgan fingerprint density at radius 2 is 2.19 bits per heavy atom. The number of nitrogens with one attached hydrogen (secondary N) is 1. The summed E-state index contributed by atoms with van der Waals surface area (Å²) in [6.07, 6.45) is 2.03. The second-order valence-corrected chi connectivity index (χ2v) is 5.62. The summed E-state index contributed by atoms with van der Waals surface area (Å²) < 4.78 is 7.62. The maximum Gasteiger partial charge on any atom is 0.223 e. The molecule has 1 atom stereocenters. The molecule has 0 bridgehead atoms. The van der Waals surface area contributed by atoms with Crippen LogP contribution < -0.4 is 5.32 Å². The number of halogens is 1. The van der Waals surface area contributed by atoms with Crippen LogP contribution in [-0.4, -0.2) is 34.3 Å². The first-order chi connectivity index (χ1) is 10.2. The van der Waals surface area contributed by atoms with Gasteiger partial charge in [-0.05, 0) is 29.8 Å². The van der Waals surface area contributed by atoms with E-state index in [4.69, 9.17) is 16.3 Å². The van der Waals surface area contributed by atoms with Crippen LogP contribution >= 0.6 is 11.6 Å². The highest BCUT2D eigenvalue weighted by Gasteiger charge is 2.21. The van der Waals surface area contributed by atoms with E-state index in [-0.39, 0.29) is 11.3 Å². The van der Waals surface area contributed by atoms with E-state index in [1.807, 2.05) is 13.2 Å². The molecule has 0 aliphatic carbocycles. The van der Waals surface area contributed by atoms with Gasteiger partial charge in [0.1, 0.15) is 0 Å². The van der Waals surface area contributed by atoms with Crippen LogP contribution in [0.1, 0.15) is 11.7 Å². The number of hydrogen-bond acceptors (Lipinski definition) is 4. The Morgan fingerprint density at radius 1 is 1.29 bits per heavy atom. The van der Waals surface area contributed by atoms with Gasteiger partial charge in [0.25, 0.3) is 0 Å². The van der Waals surface area contributed by atoms with Crippen LogP contribution in [0.3, 0.4) is 0 Å². The molecule has 108 valence electrons. The molecule has 1 saturated heterocycles. The molecule has 4 rings (SSSR count). The molecular formula is C15H15ClN4O. The number of morpholine rings is 1. The second-order valence-electron chi connectivity index (χ2n) is 5.28. The van der Waals surface area contributed by atoms with Gasteiger partial charge in [-0.2, -0.15) is 0 Å². The summed E-state index contributed by atoms with van der Waals surface area (Å²) >= 11 is 6.15. The highest BCUT2D eigenvalue weighted by Crippen LogP contribution is 2.30. The van der Waals surface area contributed by atoms with Crippen molar-refractivity contribution in [3.63, 3.8) is 0 Å². The van der Waals surface area contributed by atoms with Crippen molar-refractivity contribution in [2.24, 2.45) is 7.05 Å². The van der Waals surface area contributed by atoms with Gasteiger partial charge in [0.2, 0.25) is 5.28 Å². The monoisotopic (exact) mass is 302 g/mol. The zero-order chi connectivity index (χ0) is 14.4. The first-order valence-corrected chi connectivity index (χ1v) is 7.34. The van der Waals surface area contributed by atoms with Gasteiger partial charge in [-0.25, -0.2) is 9.97 Å². The van der Waals surface area contributed by atoms with Crippen molar-refractivity contribution in [2.45, 2.75) is 6.04 Å². The fourth-order valence-electron chi connectivity index (χ4n) is 2.95. The molecule has 0 amide bonds. The zero-order valence-corrected chi connectivity index (χ0v) is 12.4. The molecule has 3 heterocycles. The van der Waals surface area contributed by atoms with Crippen molar-refractivity contribution < 1.29 is 4.74 Å². The minimum absolute atomic E-state index is 0.0583. The molecule has 3 aromatic rings. The number of aryl methyl sites for hydroxylation is 1. The van der Waals surface area contributed by atoms with Crippen LogP contribution in [0, 0.1) is 0 Å². The summed E-state index contributed by atoms with van der Waals surface area (Å²) in [5.74, 6) is 0. The number of ether oxygens (including phenoxy) is 1. The van der Waals surface area contributed by atoms with Crippen molar-refractivity contribution in [2.75, 3.05) is 19.8 Å². The lowest BCUT2D eigenvalue weighted by Crippen LogP contribution is -2.35. The number of aromatic nitrogens is 3. The topological polar surface area (TPSA) is 52.0 Å². The minimum atomic E-state index is 0.0583. The quantitative estimate of drug-likeness (QED) is 0.702. The molecular weight excluding hydrogens is 288 g/mol. The van der Waals surface area contributed by atoms with Crippen molar-refractivity contribution in [1.82, 2.24) is 19.9 Å². The largest absolute Gasteiger partial charge is 0.378 e. The van der Waals surface area contributed by atoms with Gasteiger partial charge >= 0.3 is 0 Å². The molecule has 0 unspecified atom stereocenters. The van der Waals surface area contributed by atoms with E-state index in [1.165, 1.54) is 0 Å². The molecule has 1 aliphatic rings. The van der Waals surface area contributed by atoms with Crippen molar-refractivity contribution in [1.29, 1.82) is 0 Å². The average molecular weight is 303 g/mol. The summed E-state index contributed by atoms with van der Waals surface area (Å²) in [6, 6.07) is 6.29. The summed E-state index contributed by atoms with van der Waals surface area (Å²) in [6.45, 7) is 2.16. The fourth-order valence-corrected chi connectivity index (χ4v) is 3.12. The lowest BCUT2D eigenvalue weighted by atomic mass is 10.1. The smallest absolute Gasteiger partial charge is 0.223 e. The van der Waals surface area contributed by atoms with E-state index < -0.39 is 0 Å².